The monoisotopic (exact) mass is 547 g/mol. The summed E-state index contributed by atoms with van der Waals surface area (Å²) in [5.41, 5.74) is 1.28. The zero-order valence-corrected chi connectivity index (χ0v) is 23.4. The third kappa shape index (κ3) is 7.53. The number of anilines is 1. The maximum Gasteiger partial charge on any atom is 0.242 e. The van der Waals surface area contributed by atoms with Crippen LogP contribution < -0.4 is 23.8 Å². The van der Waals surface area contributed by atoms with Crippen molar-refractivity contribution in [1.29, 1.82) is 0 Å². The molecule has 0 radical (unpaired) electrons. The molecule has 1 aliphatic rings. The predicted octanol–water partition coefficient (Wildman–Crippen LogP) is 3.30. The molecule has 0 aliphatic carbocycles. The van der Waals surface area contributed by atoms with Gasteiger partial charge in [0.1, 0.15) is 11.8 Å². The van der Waals surface area contributed by atoms with E-state index >= 15 is 0 Å². The highest BCUT2D eigenvalue weighted by Gasteiger charge is 2.27. The third-order valence-corrected chi connectivity index (χ3v) is 7.67. The lowest BCUT2D eigenvalue weighted by molar-refractivity contribution is -0.140. The van der Waals surface area contributed by atoms with E-state index in [-0.39, 0.29) is 50.6 Å². The summed E-state index contributed by atoms with van der Waals surface area (Å²) in [6, 6.07) is 11.5. The van der Waals surface area contributed by atoms with Crippen LogP contribution in [-0.2, 0) is 26.2 Å². The van der Waals surface area contributed by atoms with E-state index in [0.717, 1.165) is 18.2 Å². The van der Waals surface area contributed by atoms with Gasteiger partial charge >= 0.3 is 0 Å². The maximum atomic E-state index is 13.4. The average molecular weight is 548 g/mol. The Balaban J connectivity index is 1.73. The molecule has 38 heavy (non-hydrogen) atoms. The molecule has 1 heterocycles. The Morgan fingerprint density at radius 3 is 2.39 bits per heavy atom. The number of ether oxygens (including phenoxy) is 3. The van der Waals surface area contributed by atoms with Crippen LogP contribution in [0.4, 0.5) is 5.69 Å². The summed E-state index contributed by atoms with van der Waals surface area (Å²) in [7, 11) is -2.04. The van der Waals surface area contributed by atoms with Crippen molar-refractivity contribution in [3.63, 3.8) is 0 Å². The van der Waals surface area contributed by atoms with Gasteiger partial charge in [-0.3, -0.25) is 13.9 Å². The van der Waals surface area contributed by atoms with Crippen LogP contribution in [0.1, 0.15) is 45.6 Å². The van der Waals surface area contributed by atoms with Crippen LogP contribution in [0.15, 0.2) is 42.5 Å². The van der Waals surface area contributed by atoms with Crippen LogP contribution in [-0.4, -0.2) is 63.9 Å². The lowest BCUT2D eigenvalue weighted by Gasteiger charge is -2.30. The molecule has 0 spiro atoms. The Morgan fingerprint density at radius 2 is 1.76 bits per heavy atom. The summed E-state index contributed by atoms with van der Waals surface area (Å²) in [5.74, 6) is 1.24. The molecule has 11 heteroatoms. The number of rotatable bonds is 13. The summed E-state index contributed by atoms with van der Waals surface area (Å²) in [4.78, 5) is 27.8. The van der Waals surface area contributed by atoms with Crippen LogP contribution in [0.2, 0.25) is 0 Å². The molecular formula is C27H37N3O7S. The molecule has 1 N–H and O–H groups in total. The average Bonchev–Trinajstić information content (AvgIpc) is 3.36. The second-order valence-corrected chi connectivity index (χ2v) is 11.2. The summed E-state index contributed by atoms with van der Waals surface area (Å²) in [6.45, 7) is 6.00. The fraction of sp³-hybridized carbons (Fsp3) is 0.481. The Morgan fingerprint density at radius 1 is 1.08 bits per heavy atom. The van der Waals surface area contributed by atoms with Crippen LogP contribution in [0.5, 0.6) is 17.2 Å². The molecule has 2 atom stereocenters. The van der Waals surface area contributed by atoms with Crippen molar-refractivity contribution in [2.24, 2.45) is 0 Å². The van der Waals surface area contributed by atoms with Gasteiger partial charge in [0.15, 0.2) is 11.5 Å². The van der Waals surface area contributed by atoms with Crippen molar-refractivity contribution in [3.8, 4) is 17.2 Å². The fourth-order valence-electron chi connectivity index (χ4n) is 4.02. The number of carbonyl (C=O) groups excluding carboxylic acids is 2. The highest BCUT2D eigenvalue weighted by Crippen LogP contribution is 2.36. The van der Waals surface area contributed by atoms with Crippen molar-refractivity contribution in [2.45, 2.75) is 58.7 Å². The van der Waals surface area contributed by atoms with Crippen LogP contribution in [0, 0.1) is 0 Å². The van der Waals surface area contributed by atoms with Gasteiger partial charge in [0.05, 0.1) is 19.1 Å². The minimum atomic E-state index is -3.62. The van der Waals surface area contributed by atoms with Gasteiger partial charge in [-0.15, -0.1) is 0 Å². The number of amides is 2. The van der Waals surface area contributed by atoms with Gasteiger partial charge in [-0.05, 0) is 56.5 Å². The minimum Gasteiger partial charge on any atom is -0.497 e. The van der Waals surface area contributed by atoms with Crippen LogP contribution >= 0.6 is 0 Å². The quantitative estimate of drug-likeness (QED) is 0.409. The zero-order valence-electron chi connectivity index (χ0n) is 22.6. The SMILES string of the molecule is CC[C@H](C)NC(=O)[C@H](C)N(Cc1ccc(OC)cc1)C(=O)CCCN(c1ccc2c(c1)OCO2)S(C)(=O)=O. The lowest BCUT2D eigenvalue weighted by Crippen LogP contribution is -2.49. The molecule has 2 aromatic carbocycles. The highest BCUT2D eigenvalue weighted by molar-refractivity contribution is 7.92. The first kappa shape index (κ1) is 29.1. The molecule has 0 saturated carbocycles. The number of methoxy groups -OCH3 is 1. The Bertz CT molecular complexity index is 1220. The van der Waals surface area contributed by atoms with E-state index in [1.807, 2.05) is 26.0 Å². The molecule has 0 aromatic heterocycles. The van der Waals surface area contributed by atoms with Crippen molar-refractivity contribution >= 4 is 27.5 Å². The Kier molecular flexibility index (Phi) is 9.84. The van der Waals surface area contributed by atoms with Gasteiger partial charge in [-0.25, -0.2) is 8.42 Å². The standard InChI is InChI=1S/C27H37N3O7S/c1-6-19(2)28-27(32)20(3)29(17-21-9-12-23(35-4)13-10-21)26(31)8-7-15-30(38(5,33)34)22-11-14-24-25(16-22)37-18-36-24/h9-14,16,19-20H,6-8,15,17-18H2,1-5H3,(H,28,32)/t19-,20-/m0/s1. The van der Waals surface area contributed by atoms with Crippen LogP contribution in [0.3, 0.4) is 0 Å². The van der Waals surface area contributed by atoms with E-state index in [9.17, 15) is 18.0 Å². The van der Waals surface area contributed by atoms with Gasteiger partial charge < -0.3 is 24.4 Å². The molecule has 2 amide bonds. The van der Waals surface area contributed by atoms with E-state index in [2.05, 4.69) is 5.32 Å². The van der Waals surface area contributed by atoms with E-state index in [1.54, 1.807) is 44.4 Å². The van der Waals surface area contributed by atoms with Gasteiger partial charge in [0.25, 0.3) is 0 Å². The highest BCUT2D eigenvalue weighted by atomic mass is 32.2. The normalized spacial score (nSPS) is 13.9. The number of nitrogens with zero attached hydrogens (tertiary/aromatic N) is 2. The largest absolute Gasteiger partial charge is 0.497 e. The Hall–Kier alpha value is -3.47. The predicted molar refractivity (Wildman–Crippen MR) is 145 cm³/mol. The second kappa shape index (κ2) is 12.9. The molecule has 3 rings (SSSR count). The van der Waals surface area contributed by atoms with Gasteiger partial charge in [-0.2, -0.15) is 0 Å². The number of hydrogen-bond acceptors (Lipinski definition) is 7. The first-order valence-corrected chi connectivity index (χ1v) is 14.5. The third-order valence-electron chi connectivity index (χ3n) is 6.48. The van der Waals surface area contributed by atoms with Crippen molar-refractivity contribution in [1.82, 2.24) is 10.2 Å². The maximum absolute atomic E-state index is 13.4. The lowest BCUT2D eigenvalue weighted by atomic mass is 10.1. The second-order valence-electron chi connectivity index (χ2n) is 9.34. The van der Waals surface area contributed by atoms with Gasteiger partial charge in [0.2, 0.25) is 28.6 Å². The molecule has 10 nitrogen and oxygen atoms in total. The molecule has 0 bridgehead atoms. The van der Waals surface area contributed by atoms with Crippen LogP contribution in [0.25, 0.3) is 0 Å². The summed E-state index contributed by atoms with van der Waals surface area (Å²) >= 11 is 0. The zero-order chi connectivity index (χ0) is 27.9. The molecule has 0 saturated heterocycles. The van der Waals surface area contributed by atoms with E-state index in [4.69, 9.17) is 14.2 Å². The molecule has 1 aliphatic heterocycles. The van der Waals surface area contributed by atoms with Gasteiger partial charge in [-0.1, -0.05) is 19.1 Å². The number of fused-ring (bicyclic) bond motifs is 1. The number of nitrogens with one attached hydrogen (secondary N) is 1. The smallest absolute Gasteiger partial charge is 0.242 e. The number of sulfonamides is 1. The van der Waals surface area contributed by atoms with Crippen molar-refractivity contribution in [2.75, 3.05) is 31.0 Å². The molecule has 208 valence electrons. The summed E-state index contributed by atoms with van der Waals surface area (Å²) in [5, 5.41) is 2.94. The molecule has 0 fully saturated rings. The van der Waals surface area contributed by atoms with Gasteiger partial charge in [0, 0.05) is 31.6 Å². The number of benzene rings is 2. The molecule has 0 unspecified atom stereocenters. The molecular weight excluding hydrogens is 510 g/mol. The number of carbonyl (C=O) groups is 2. The Labute approximate surface area is 224 Å². The first-order chi connectivity index (χ1) is 18.0. The summed E-state index contributed by atoms with van der Waals surface area (Å²) < 4.78 is 42.3. The fourth-order valence-corrected chi connectivity index (χ4v) is 4.98. The van der Waals surface area contributed by atoms with E-state index in [1.165, 1.54) is 9.21 Å². The topological polar surface area (TPSA) is 114 Å². The minimum absolute atomic E-state index is 0.0205. The molecule has 2 aromatic rings. The van der Waals surface area contributed by atoms with E-state index < -0.39 is 16.1 Å². The first-order valence-electron chi connectivity index (χ1n) is 12.6. The summed E-state index contributed by atoms with van der Waals surface area (Å²) in [6.07, 6.45) is 2.22. The van der Waals surface area contributed by atoms with E-state index in [0.29, 0.717) is 22.9 Å². The number of hydrogen-bond donors (Lipinski definition) is 1. The van der Waals surface area contributed by atoms with Crippen molar-refractivity contribution < 1.29 is 32.2 Å². The van der Waals surface area contributed by atoms with Crippen molar-refractivity contribution in [3.05, 3.63) is 48.0 Å².